The minimum absolute atomic E-state index is 0.633. The molecule has 0 spiro atoms. The number of aryl methyl sites for hydroxylation is 1. The van der Waals surface area contributed by atoms with Gasteiger partial charge in [0.25, 0.3) is 0 Å². The normalized spacial score (nSPS) is 10.8. The van der Waals surface area contributed by atoms with E-state index in [9.17, 15) is 0 Å². The summed E-state index contributed by atoms with van der Waals surface area (Å²) < 4.78 is 0. The van der Waals surface area contributed by atoms with Crippen molar-refractivity contribution in [3.05, 3.63) is 48.5 Å². The Kier molecular flexibility index (Phi) is 3.75. The van der Waals surface area contributed by atoms with Crippen LogP contribution in [-0.2, 0) is 6.42 Å². The third-order valence-corrected chi connectivity index (χ3v) is 3.41. The van der Waals surface area contributed by atoms with Crippen LogP contribution in [0.15, 0.2) is 42.9 Å². The highest BCUT2D eigenvalue weighted by Gasteiger charge is 2.10. The number of hydrogen-bond donors (Lipinski definition) is 2. The van der Waals surface area contributed by atoms with Crippen molar-refractivity contribution in [2.24, 2.45) is 5.84 Å². The van der Waals surface area contributed by atoms with Crippen molar-refractivity contribution in [2.45, 2.75) is 19.8 Å². The molecule has 106 valence electrons. The van der Waals surface area contributed by atoms with Gasteiger partial charge in [-0.25, -0.2) is 15.8 Å². The summed E-state index contributed by atoms with van der Waals surface area (Å²) in [4.78, 5) is 13.4. The number of nitrogens with zero attached hydrogens (tertiary/aromatic N) is 3. The summed E-state index contributed by atoms with van der Waals surface area (Å²) >= 11 is 0. The summed E-state index contributed by atoms with van der Waals surface area (Å²) in [6.45, 7) is 2.11. The van der Waals surface area contributed by atoms with E-state index in [-0.39, 0.29) is 0 Å². The third-order valence-electron chi connectivity index (χ3n) is 3.41. The van der Waals surface area contributed by atoms with Crippen molar-refractivity contribution in [2.75, 3.05) is 5.43 Å². The molecule has 0 fully saturated rings. The molecule has 1 aromatic carbocycles. The highest BCUT2D eigenvalue weighted by Crippen LogP contribution is 2.27. The maximum atomic E-state index is 5.50. The number of hydrazine groups is 1. The van der Waals surface area contributed by atoms with E-state index in [1.54, 1.807) is 6.20 Å². The second kappa shape index (κ2) is 5.85. The van der Waals surface area contributed by atoms with Gasteiger partial charge in [0, 0.05) is 23.3 Å². The van der Waals surface area contributed by atoms with Crippen molar-refractivity contribution in [3.8, 4) is 11.3 Å². The first-order valence-electron chi connectivity index (χ1n) is 6.99. The number of hydrogen-bond acceptors (Lipinski definition) is 5. The number of nitrogens with two attached hydrogens (primary N) is 1. The smallest absolute Gasteiger partial charge is 0.161 e. The highest BCUT2D eigenvalue weighted by atomic mass is 15.3. The van der Waals surface area contributed by atoms with E-state index in [2.05, 4.69) is 28.4 Å². The number of fused-ring (bicyclic) bond motifs is 1. The van der Waals surface area contributed by atoms with Crippen LogP contribution in [0.4, 0.5) is 5.82 Å². The first-order valence-corrected chi connectivity index (χ1v) is 6.99. The number of anilines is 1. The quantitative estimate of drug-likeness (QED) is 0.567. The Hall–Kier alpha value is -2.53. The van der Waals surface area contributed by atoms with Gasteiger partial charge >= 0.3 is 0 Å². The lowest BCUT2D eigenvalue weighted by molar-refractivity contribution is 0.873. The lowest BCUT2D eigenvalue weighted by Gasteiger charge is -2.10. The van der Waals surface area contributed by atoms with Gasteiger partial charge < -0.3 is 5.43 Å². The molecule has 5 heteroatoms. The van der Waals surface area contributed by atoms with Crippen LogP contribution in [0.5, 0.6) is 0 Å². The summed E-state index contributed by atoms with van der Waals surface area (Å²) in [5, 5.41) is 2.22. The van der Waals surface area contributed by atoms with E-state index in [1.165, 1.54) is 0 Å². The van der Waals surface area contributed by atoms with E-state index in [0.29, 0.717) is 5.82 Å². The molecule has 3 rings (SSSR count). The highest BCUT2D eigenvalue weighted by molar-refractivity contribution is 5.94. The topological polar surface area (TPSA) is 76.7 Å². The number of nitrogens with one attached hydrogen (secondary N) is 1. The fourth-order valence-corrected chi connectivity index (χ4v) is 2.41. The Morgan fingerprint density at radius 1 is 1.14 bits per heavy atom. The lowest BCUT2D eigenvalue weighted by atomic mass is 10.1. The molecule has 0 aliphatic carbocycles. The van der Waals surface area contributed by atoms with E-state index < -0.39 is 0 Å². The number of benzene rings is 1. The summed E-state index contributed by atoms with van der Waals surface area (Å²) in [5.41, 5.74) is 5.30. The predicted molar refractivity (Wildman–Crippen MR) is 84.6 cm³/mol. The van der Waals surface area contributed by atoms with Crippen molar-refractivity contribution in [1.29, 1.82) is 0 Å². The zero-order valence-corrected chi connectivity index (χ0v) is 11.9. The van der Waals surface area contributed by atoms with Crippen molar-refractivity contribution < 1.29 is 0 Å². The van der Waals surface area contributed by atoms with Gasteiger partial charge in [-0.1, -0.05) is 37.6 Å². The monoisotopic (exact) mass is 279 g/mol. The van der Waals surface area contributed by atoms with Crippen molar-refractivity contribution >= 4 is 16.6 Å². The first-order chi connectivity index (χ1) is 10.3. The molecule has 3 N–H and O–H groups in total. The maximum absolute atomic E-state index is 5.50. The molecule has 3 aromatic rings. The van der Waals surface area contributed by atoms with Crippen LogP contribution in [0.25, 0.3) is 22.0 Å². The summed E-state index contributed by atoms with van der Waals surface area (Å²) in [6, 6.07) is 8.14. The molecule has 21 heavy (non-hydrogen) atoms. The molecule has 0 atom stereocenters. The molecule has 0 saturated heterocycles. The molecule has 0 saturated carbocycles. The minimum Gasteiger partial charge on any atom is -0.307 e. The fourth-order valence-electron chi connectivity index (χ4n) is 2.41. The predicted octanol–water partition coefficient (Wildman–Crippen LogP) is 2.93. The molecule has 0 aliphatic heterocycles. The van der Waals surface area contributed by atoms with Crippen molar-refractivity contribution in [3.63, 3.8) is 0 Å². The minimum atomic E-state index is 0.633. The van der Waals surface area contributed by atoms with Crippen molar-refractivity contribution in [1.82, 2.24) is 15.0 Å². The average Bonchev–Trinajstić information content (AvgIpc) is 2.54. The molecule has 0 amide bonds. The van der Waals surface area contributed by atoms with Crippen LogP contribution in [0.3, 0.4) is 0 Å². The van der Waals surface area contributed by atoms with Crippen LogP contribution in [0, 0.1) is 0 Å². The summed E-state index contributed by atoms with van der Waals surface area (Å²) in [7, 11) is 0. The maximum Gasteiger partial charge on any atom is 0.161 e. The van der Waals surface area contributed by atoms with E-state index in [4.69, 9.17) is 10.8 Å². The van der Waals surface area contributed by atoms with Crippen LogP contribution in [0.2, 0.25) is 0 Å². The lowest BCUT2D eigenvalue weighted by Crippen LogP contribution is -2.12. The number of aromatic nitrogens is 3. The van der Waals surface area contributed by atoms with Gasteiger partial charge in [0.1, 0.15) is 0 Å². The van der Waals surface area contributed by atoms with Gasteiger partial charge in [0.15, 0.2) is 5.82 Å². The Labute approximate surface area is 123 Å². The van der Waals surface area contributed by atoms with Gasteiger partial charge in [-0.2, -0.15) is 0 Å². The Morgan fingerprint density at radius 2 is 2.00 bits per heavy atom. The first kappa shape index (κ1) is 13.5. The second-order valence-corrected chi connectivity index (χ2v) is 4.85. The zero-order valence-electron chi connectivity index (χ0n) is 11.9. The Morgan fingerprint density at radius 3 is 2.81 bits per heavy atom. The average molecular weight is 279 g/mol. The largest absolute Gasteiger partial charge is 0.307 e. The molecular formula is C16H17N5. The molecule has 2 aromatic heterocycles. The van der Waals surface area contributed by atoms with E-state index >= 15 is 0 Å². The zero-order chi connectivity index (χ0) is 14.7. The van der Waals surface area contributed by atoms with E-state index in [1.807, 2.05) is 30.6 Å². The van der Waals surface area contributed by atoms with Gasteiger partial charge in [-0.05, 0) is 11.8 Å². The Bertz CT molecular complexity index is 764. The molecule has 2 heterocycles. The summed E-state index contributed by atoms with van der Waals surface area (Å²) in [6.07, 6.45) is 7.24. The van der Waals surface area contributed by atoms with Gasteiger partial charge in [0.05, 0.1) is 17.6 Å². The van der Waals surface area contributed by atoms with Gasteiger partial charge in [-0.3, -0.25) is 4.98 Å². The molecule has 5 nitrogen and oxygen atoms in total. The van der Waals surface area contributed by atoms with Crippen LogP contribution < -0.4 is 11.3 Å². The number of pyridine rings is 1. The van der Waals surface area contributed by atoms with E-state index in [0.717, 1.165) is 40.6 Å². The van der Waals surface area contributed by atoms with Crippen LogP contribution in [-0.4, -0.2) is 15.0 Å². The van der Waals surface area contributed by atoms with Crippen LogP contribution >= 0.6 is 0 Å². The van der Waals surface area contributed by atoms with Gasteiger partial charge in [-0.15, -0.1) is 0 Å². The standard InChI is InChI=1S/C16H17N5/c1-2-5-14-16(21-17)19-10-15(20-14)13-9-18-8-11-6-3-4-7-12(11)13/h3-4,6-10H,2,5,17H2,1H3,(H,19,21). The number of nitrogen functional groups attached to an aromatic ring is 1. The molecule has 0 radical (unpaired) electrons. The molecular weight excluding hydrogens is 262 g/mol. The SMILES string of the molecule is CCCc1nc(-c2cncc3ccccc23)cnc1NN. The Balaban J connectivity index is 2.16. The molecule has 0 bridgehead atoms. The fraction of sp³-hybridized carbons (Fsp3) is 0.188. The number of rotatable bonds is 4. The third kappa shape index (κ3) is 2.55. The second-order valence-electron chi connectivity index (χ2n) is 4.85. The summed E-state index contributed by atoms with van der Waals surface area (Å²) in [5.74, 6) is 6.13. The molecule has 0 unspecified atom stereocenters. The van der Waals surface area contributed by atoms with Gasteiger partial charge in [0.2, 0.25) is 0 Å². The molecule has 0 aliphatic rings. The van der Waals surface area contributed by atoms with Crippen LogP contribution in [0.1, 0.15) is 19.0 Å².